The second kappa shape index (κ2) is 16.0. The molecule has 0 amide bonds. The summed E-state index contributed by atoms with van der Waals surface area (Å²) >= 11 is 0. The van der Waals surface area contributed by atoms with Crippen LogP contribution in [-0.2, 0) is 6.42 Å². The summed E-state index contributed by atoms with van der Waals surface area (Å²) in [5.41, 5.74) is 10.8. The standard InChI is InChI=1S/C44H58O4/c1-28(2)15-11-17-30(5)19-13-20-32(7)22-23-35-37(45)27-33(8)38-39-34(9)40(46)43-36(42(39)47-41(35)38)24-26-44(10,48-43)25-14-21-31(6)18-12-16-29(3)4/h15-16,19,21-22,24,26-27,45-46H,11-14,17-18,20,23,25H2,1-10H3/b30-19+,31-21+,32-22+. The van der Waals surface area contributed by atoms with Crippen LogP contribution in [0, 0.1) is 13.8 Å². The number of ether oxygens (including phenoxy) is 1. The third-order valence-corrected chi connectivity index (χ3v) is 9.61. The molecular weight excluding hydrogens is 592 g/mol. The van der Waals surface area contributed by atoms with Crippen LogP contribution in [0.5, 0.6) is 17.2 Å². The van der Waals surface area contributed by atoms with E-state index in [0.29, 0.717) is 23.3 Å². The van der Waals surface area contributed by atoms with Crippen LogP contribution in [-0.4, -0.2) is 15.8 Å². The van der Waals surface area contributed by atoms with E-state index < -0.39 is 5.60 Å². The van der Waals surface area contributed by atoms with Gasteiger partial charge in [0.05, 0.1) is 5.56 Å². The Morgan fingerprint density at radius 2 is 1.29 bits per heavy atom. The first-order chi connectivity index (χ1) is 22.7. The Bertz CT molecular complexity index is 1830. The molecule has 4 heteroatoms. The lowest BCUT2D eigenvalue weighted by Crippen LogP contribution is -2.31. The molecular formula is C44H58O4. The minimum absolute atomic E-state index is 0.151. The maximum Gasteiger partial charge on any atom is 0.173 e. The number of allylic oxidation sites excluding steroid dienone is 10. The van der Waals surface area contributed by atoms with Gasteiger partial charge in [-0.3, -0.25) is 0 Å². The lowest BCUT2D eigenvalue weighted by molar-refractivity contribution is 0.124. The maximum atomic E-state index is 11.5. The molecule has 4 rings (SSSR count). The van der Waals surface area contributed by atoms with Gasteiger partial charge in [0, 0.05) is 21.9 Å². The fourth-order valence-electron chi connectivity index (χ4n) is 6.59. The molecule has 4 nitrogen and oxygen atoms in total. The normalized spacial score (nSPS) is 16.8. The Kier molecular flexibility index (Phi) is 12.3. The zero-order chi connectivity index (χ0) is 35.2. The smallest absolute Gasteiger partial charge is 0.173 e. The van der Waals surface area contributed by atoms with Crippen LogP contribution in [0.25, 0.3) is 28.0 Å². The van der Waals surface area contributed by atoms with Gasteiger partial charge in [0.2, 0.25) is 0 Å². The second-order valence-electron chi connectivity index (χ2n) is 14.7. The van der Waals surface area contributed by atoms with Crippen molar-refractivity contribution >= 4 is 28.0 Å². The van der Waals surface area contributed by atoms with Crippen molar-refractivity contribution in [3.63, 3.8) is 0 Å². The van der Waals surface area contributed by atoms with Crippen LogP contribution in [0.15, 0.2) is 74.8 Å². The van der Waals surface area contributed by atoms with Gasteiger partial charge in [-0.1, -0.05) is 58.2 Å². The minimum Gasteiger partial charge on any atom is -0.508 e. The van der Waals surface area contributed by atoms with Crippen LogP contribution < -0.4 is 4.74 Å². The molecule has 2 heterocycles. The van der Waals surface area contributed by atoms with Crippen LogP contribution in [0.2, 0.25) is 0 Å². The average Bonchev–Trinajstić information content (AvgIpc) is 3.40. The van der Waals surface area contributed by atoms with E-state index >= 15 is 0 Å². The van der Waals surface area contributed by atoms with Gasteiger partial charge in [0.15, 0.2) is 11.5 Å². The van der Waals surface area contributed by atoms with Crippen molar-refractivity contribution in [3.05, 3.63) is 92.6 Å². The van der Waals surface area contributed by atoms with E-state index in [0.717, 1.165) is 84.4 Å². The highest BCUT2D eigenvalue weighted by Crippen LogP contribution is 2.50. The zero-order valence-corrected chi connectivity index (χ0v) is 31.2. The summed E-state index contributed by atoms with van der Waals surface area (Å²) in [6.45, 7) is 21.1. The number of rotatable bonds is 14. The third-order valence-electron chi connectivity index (χ3n) is 9.61. The summed E-state index contributed by atoms with van der Waals surface area (Å²) in [6.07, 6.45) is 24.1. The number of hydrogen-bond donors (Lipinski definition) is 2. The number of hydrogen-bond acceptors (Lipinski definition) is 4. The molecule has 0 saturated carbocycles. The van der Waals surface area contributed by atoms with E-state index in [1.165, 1.54) is 27.9 Å². The zero-order valence-electron chi connectivity index (χ0n) is 31.2. The van der Waals surface area contributed by atoms with E-state index in [4.69, 9.17) is 9.15 Å². The van der Waals surface area contributed by atoms with Gasteiger partial charge in [0.1, 0.15) is 22.5 Å². The van der Waals surface area contributed by atoms with Gasteiger partial charge in [-0.15, -0.1) is 0 Å². The molecule has 2 aromatic carbocycles. The monoisotopic (exact) mass is 650 g/mol. The number of furan rings is 1. The molecule has 0 spiro atoms. The number of phenolic OH excluding ortho intramolecular Hbond substituents is 2. The molecule has 0 saturated heterocycles. The Balaban J connectivity index is 1.59. The number of fused-ring (bicyclic) bond motifs is 5. The summed E-state index contributed by atoms with van der Waals surface area (Å²) in [7, 11) is 0. The highest BCUT2D eigenvalue weighted by molar-refractivity contribution is 6.13. The van der Waals surface area contributed by atoms with Crippen molar-refractivity contribution in [1.29, 1.82) is 0 Å². The lowest BCUT2D eigenvalue weighted by atomic mass is 9.91. The molecule has 1 aromatic heterocycles. The van der Waals surface area contributed by atoms with E-state index in [-0.39, 0.29) is 11.5 Å². The molecule has 0 fully saturated rings. The molecule has 3 aromatic rings. The second-order valence-corrected chi connectivity index (χ2v) is 14.7. The van der Waals surface area contributed by atoms with Crippen molar-refractivity contribution in [3.8, 4) is 17.2 Å². The van der Waals surface area contributed by atoms with Crippen LogP contribution in [0.1, 0.15) is 129 Å². The van der Waals surface area contributed by atoms with Crippen LogP contribution >= 0.6 is 0 Å². The topological polar surface area (TPSA) is 62.8 Å². The first-order valence-electron chi connectivity index (χ1n) is 17.8. The number of aryl methyl sites for hydroxylation is 2. The molecule has 258 valence electrons. The maximum absolute atomic E-state index is 11.5. The largest absolute Gasteiger partial charge is 0.508 e. The quantitative estimate of drug-likeness (QED) is 0.170. The highest BCUT2D eigenvalue weighted by atomic mass is 16.5. The van der Waals surface area contributed by atoms with Crippen LogP contribution in [0.4, 0.5) is 0 Å². The van der Waals surface area contributed by atoms with Crippen molar-refractivity contribution in [2.75, 3.05) is 0 Å². The first-order valence-corrected chi connectivity index (χ1v) is 17.8. The van der Waals surface area contributed by atoms with Gasteiger partial charge in [0.25, 0.3) is 0 Å². The lowest BCUT2D eigenvalue weighted by Gasteiger charge is -2.32. The predicted octanol–water partition coefficient (Wildman–Crippen LogP) is 13.2. The Morgan fingerprint density at radius 3 is 1.90 bits per heavy atom. The summed E-state index contributed by atoms with van der Waals surface area (Å²) in [5.74, 6) is 0.854. The number of benzene rings is 2. The molecule has 2 N–H and O–H groups in total. The summed E-state index contributed by atoms with van der Waals surface area (Å²) in [5, 5.41) is 24.4. The Hall–Kier alpha value is -3.92. The van der Waals surface area contributed by atoms with Gasteiger partial charge in [-0.25, -0.2) is 0 Å². The highest BCUT2D eigenvalue weighted by Gasteiger charge is 2.33. The van der Waals surface area contributed by atoms with Crippen molar-refractivity contribution < 1.29 is 19.4 Å². The van der Waals surface area contributed by atoms with Crippen molar-refractivity contribution in [2.24, 2.45) is 0 Å². The molecule has 1 aliphatic heterocycles. The van der Waals surface area contributed by atoms with Gasteiger partial charge in [-0.05, 0) is 151 Å². The Labute approximate surface area is 289 Å². The molecule has 1 aliphatic rings. The van der Waals surface area contributed by atoms with Gasteiger partial charge >= 0.3 is 0 Å². The Morgan fingerprint density at radius 1 is 0.729 bits per heavy atom. The first kappa shape index (κ1) is 36.9. The number of phenols is 2. The van der Waals surface area contributed by atoms with Gasteiger partial charge in [-0.2, -0.15) is 0 Å². The van der Waals surface area contributed by atoms with Crippen molar-refractivity contribution in [2.45, 2.75) is 133 Å². The molecule has 0 bridgehead atoms. The summed E-state index contributed by atoms with van der Waals surface area (Å²) in [4.78, 5) is 0. The van der Waals surface area contributed by atoms with E-state index in [1.807, 2.05) is 26.0 Å². The predicted molar refractivity (Wildman–Crippen MR) is 205 cm³/mol. The summed E-state index contributed by atoms with van der Waals surface area (Å²) in [6, 6.07) is 1.82. The van der Waals surface area contributed by atoms with E-state index in [1.54, 1.807) is 0 Å². The van der Waals surface area contributed by atoms with E-state index in [2.05, 4.69) is 91.8 Å². The van der Waals surface area contributed by atoms with Crippen LogP contribution in [0.3, 0.4) is 0 Å². The average molecular weight is 651 g/mol. The molecule has 1 unspecified atom stereocenters. The molecule has 0 radical (unpaired) electrons. The van der Waals surface area contributed by atoms with Crippen molar-refractivity contribution in [1.82, 2.24) is 0 Å². The molecule has 0 aliphatic carbocycles. The number of aromatic hydroxyl groups is 2. The molecule has 48 heavy (non-hydrogen) atoms. The SMILES string of the molecule is CC(C)=CCC/C(C)=C/CC/C(C)=C/Cc1c(O)cc(C)c2c1oc1c3c(c(O)c(C)c12)OC(C)(CC/C=C(\C)CCC=C(C)C)C=C3. The molecule has 1 atom stereocenters. The summed E-state index contributed by atoms with van der Waals surface area (Å²) < 4.78 is 13.2. The van der Waals surface area contributed by atoms with Gasteiger partial charge < -0.3 is 19.4 Å². The fourth-order valence-corrected chi connectivity index (χ4v) is 6.59. The third kappa shape index (κ3) is 8.95. The fraction of sp³-hybridized carbons (Fsp3) is 0.455. The van der Waals surface area contributed by atoms with E-state index in [9.17, 15) is 10.2 Å². The minimum atomic E-state index is -0.547.